The number of aryl methyl sites for hydroxylation is 2. The van der Waals surface area contributed by atoms with Crippen LogP contribution in [0.5, 0.6) is 0 Å². The van der Waals surface area contributed by atoms with Gasteiger partial charge >= 0.3 is 0 Å². The predicted molar refractivity (Wildman–Crippen MR) is 123 cm³/mol. The number of likely N-dealkylation sites (tertiary alicyclic amines) is 1. The van der Waals surface area contributed by atoms with E-state index in [9.17, 15) is 19.1 Å². The van der Waals surface area contributed by atoms with Crippen molar-refractivity contribution in [1.82, 2.24) is 19.2 Å². The lowest BCUT2D eigenvalue weighted by Gasteiger charge is -2.26. The minimum atomic E-state index is -0.891. The number of benzene rings is 1. The van der Waals surface area contributed by atoms with Crippen molar-refractivity contribution >= 4 is 23.1 Å². The van der Waals surface area contributed by atoms with Gasteiger partial charge in [-0.25, -0.2) is 9.37 Å². The lowest BCUT2D eigenvalue weighted by atomic mass is 9.96. The number of aliphatic hydroxyl groups is 1. The van der Waals surface area contributed by atoms with Crippen LogP contribution in [0, 0.1) is 19.7 Å². The van der Waals surface area contributed by atoms with Crippen LogP contribution < -0.4 is 0 Å². The molecule has 0 aliphatic carbocycles. The minimum absolute atomic E-state index is 0.0538. The van der Waals surface area contributed by atoms with Crippen LogP contribution in [0.3, 0.4) is 0 Å². The molecule has 1 atom stereocenters. The van der Waals surface area contributed by atoms with Crippen LogP contribution in [0.25, 0.3) is 11.4 Å². The van der Waals surface area contributed by atoms with Gasteiger partial charge in [-0.05, 0) is 70.2 Å². The highest BCUT2D eigenvalue weighted by Crippen LogP contribution is 2.40. The molecule has 1 fully saturated rings. The number of fused-ring (bicyclic) bond motifs is 1. The quantitative estimate of drug-likeness (QED) is 0.354. The Morgan fingerprint density at radius 3 is 2.64 bits per heavy atom. The molecule has 1 saturated heterocycles. The van der Waals surface area contributed by atoms with E-state index in [4.69, 9.17) is 0 Å². The van der Waals surface area contributed by atoms with Gasteiger partial charge in [0.05, 0.1) is 17.3 Å². The molecular formula is C25H27FN4O3. The Morgan fingerprint density at radius 1 is 1.18 bits per heavy atom. The number of halogens is 1. The average Bonchev–Trinajstić information content (AvgIpc) is 3.23. The topological polar surface area (TPSA) is 78.1 Å². The van der Waals surface area contributed by atoms with Crippen LogP contribution in [-0.4, -0.2) is 63.2 Å². The zero-order valence-electron chi connectivity index (χ0n) is 19.2. The van der Waals surface area contributed by atoms with Crippen molar-refractivity contribution in [2.24, 2.45) is 0 Å². The maximum Gasteiger partial charge on any atom is 0.295 e. The maximum atomic E-state index is 14.1. The van der Waals surface area contributed by atoms with E-state index in [-0.39, 0.29) is 11.3 Å². The molecular weight excluding hydrogens is 423 g/mol. The molecule has 1 aromatic carbocycles. The summed E-state index contributed by atoms with van der Waals surface area (Å²) in [6, 6.07) is 8.64. The Morgan fingerprint density at radius 2 is 1.94 bits per heavy atom. The molecule has 0 radical (unpaired) electrons. The summed E-state index contributed by atoms with van der Waals surface area (Å²) >= 11 is 0. The fourth-order valence-corrected chi connectivity index (χ4v) is 4.42. The van der Waals surface area contributed by atoms with Gasteiger partial charge in [-0.3, -0.25) is 14.0 Å². The molecule has 3 aromatic rings. The van der Waals surface area contributed by atoms with Crippen molar-refractivity contribution < 1.29 is 19.1 Å². The lowest BCUT2D eigenvalue weighted by molar-refractivity contribution is -0.139. The Balaban J connectivity index is 1.90. The summed E-state index contributed by atoms with van der Waals surface area (Å²) < 4.78 is 15.8. The smallest absolute Gasteiger partial charge is 0.295 e. The monoisotopic (exact) mass is 450 g/mol. The highest BCUT2D eigenvalue weighted by molar-refractivity contribution is 6.46. The number of pyridine rings is 1. The molecule has 0 spiro atoms. The van der Waals surface area contributed by atoms with Crippen LogP contribution in [0.2, 0.25) is 0 Å². The molecule has 1 N–H and O–H groups in total. The summed E-state index contributed by atoms with van der Waals surface area (Å²) in [4.78, 5) is 34.2. The number of aromatic nitrogens is 2. The van der Waals surface area contributed by atoms with E-state index in [0.29, 0.717) is 42.1 Å². The van der Waals surface area contributed by atoms with Gasteiger partial charge in [0.25, 0.3) is 11.7 Å². The third kappa shape index (κ3) is 4.02. The molecule has 1 amide bonds. The highest BCUT2D eigenvalue weighted by atomic mass is 19.1. The van der Waals surface area contributed by atoms with Gasteiger partial charge in [0.2, 0.25) is 0 Å². The molecule has 8 heteroatoms. The minimum Gasteiger partial charge on any atom is -0.505 e. The predicted octanol–water partition coefficient (Wildman–Crippen LogP) is 3.46. The maximum absolute atomic E-state index is 14.1. The van der Waals surface area contributed by atoms with Gasteiger partial charge in [0, 0.05) is 12.7 Å². The van der Waals surface area contributed by atoms with Gasteiger partial charge in [0.1, 0.15) is 17.2 Å². The Hall–Kier alpha value is -3.52. The van der Waals surface area contributed by atoms with Gasteiger partial charge in [-0.1, -0.05) is 18.2 Å². The number of carbonyl (C=O) groups is 2. The van der Waals surface area contributed by atoms with E-state index >= 15 is 0 Å². The molecule has 4 rings (SSSR count). The van der Waals surface area contributed by atoms with Crippen molar-refractivity contribution in [2.45, 2.75) is 26.3 Å². The zero-order valence-corrected chi connectivity index (χ0v) is 19.2. The third-order valence-electron chi connectivity index (χ3n) is 5.95. The van der Waals surface area contributed by atoms with Crippen molar-refractivity contribution in [2.75, 3.05) is 27.2 Å². The largest absolute Gasteiger partial charge is 0.505 e. The summed E-state index contributed by atoms with van der Waals surface area (Å²) in [6.07, 6.45) is 2.38. The zero-order chi connectivity index (χ0) is 23.9. The summed E-state index contributed by atoms with van der Waals surface area (Å²) in [5, 5.41) is 11.4. The van der Waals surface area contributed by atoms with Crippen LogP contribution >= 0.6 is 0 Å². The highest BCUT2D eigenvalue weighted by Gasteiger charge is 2.46. The Bertz CT molecular complexity index is 1280. The summed E-state index contributed by atoms with van der Waals surface area (Å²) in [5.41, 5.74) is 2.81. The van der Waals surface area contributed by atoms with Crippen LogP contribution in [-0.2, 0) is 9.59 Å². The molecule has 172 valence electrons. The average molecular weight is 451 g/mol. The van der Waals surface area contributed by atoms with E-state index in [1.54, 1.807) is 23.6 Å². The molecule has 0 bridgehead atoms. The number of amides is 1. The Labute approximate surface area is 191 Å². The molecule has 2 aromatic heterocycles. The standard InChI is InChI=1S/C25H27FN4O3/c1-15-8-6-12-29-20(16(2)27-24(15)29)22(31)19-21(17-9-5-10-18(26)14-17)30(25(33)23(19)32)13-7-11-28(3)4/h5-6,8-10,12,14,21,31H,7,11,13H2,1-4H3/t21-/m0/s1. The lowest BCUT2D eigenvalue weighted by Crippen LogP contribution is -2.32. The van der Waals surface area contributed by atoms with Crippen LogP contribution in [0.4, 0.5) is 4.39 Å². The second-order valence-electron chi connectivity index (χ2n) is 8.63. The molecule has 3 heterocycles. The summed E-state index contributed by atoms with van der Waals surface area (Å²) in [6.45, 7) is 4.66. The molecule has 33 heavy (non-hydrogen) atoms. The molecule has 7 nitrogen and oxygen atoms in total. The Kier molecular flexibility index (Phi) is 6.03. The number of hydrogen-bond donors (Lipinski definition) is 1. The van der Waals surface area contributed by atoms with Crippen LogP contribution in [0.1, 0.15) is 35.0 Å². The number of aliphatic hydroxyl groups excluding tert-OH is 1. The van der Waals surface area contributed by atoms with E-state index in [1.165, 1.54) is 23.1 Å². The number of imidazole rings is 1. The molecule has 1 aliphatic heterocycles. The number of nitrogens with zero attached hydrogens (tertiary/aromatic N) is 4. The van der Waals surface area contributed by atoms with Gasteiger partial charge in [-0.2, -0.15) is 0 Å². The fourth-order valence-electron chi connectivity index (χ4n) is 4.42. The SMILES string of the molecule is Cc1nc2c(C)cccn2c1C(O)=C1C(=O)C(=O)N(CCCN(C)C)[C@H]1c1cccc(F)c1. The second kappa shape index (κ2) is 8.78. The van der Waals surface area contributed by atoms with E-state index < -0.39 is 23.5 Å². The first-order valence-electron chi connectivity index (χ1n) is 10.8. The second-order valence-corrected chi connectivity index (χ2v) is 8.63. The summed E-state index contributed by atoms with van der Waals surface area (Å²) in [7, 11) is 3.85. The number of Topliss-reactive ketones (excluding diaryl/α,β-unsaturated/α-hetero) is 1. The van der Waals surface area contributed by atoms with Crippen molar-refractivity contribution in [3.8, 4) is 0 Å². The first-order chi connectivity index (χ1) is 15.7. The van der Waals surface area contributed by atoms with Crippen LogP contribution in [0.15, 0.2) is 48.2 Å². The molecule has 0 unspecified atom stereocenters. The van der Waals surface area contributed by atoms with Crippen molar-refractivity contribution in [1.29, 1.82) is 0 Å². The van der Waals surface area contributed by atoms with Gasteiger partial charge in [-0.15, -0.1) is 0 Å². The van der Waals surface area contributed by atoms with E-state index in [1.807, 2.05) is 38.1 Å². The first-order valence-corrected chi connectivity index (χ1v) is 10.8. The van der Waals surface area contributed by atoms with E-state index in [2.05, 4.69) is 4.98 Å². The molecule has 1 aliphatic rings. The first kappa shape index (κ1) is 22.7. The van der Waals surface area contributed by atoms with Gasteiger partial charge in [0.15, 0.2) is 5.76 Å². The number of hydrogen-bond acceptors (Lipinski definition) is 5. The number of ketones is 1. The third-order valence-corrected chi connectivity index (χ3v) is 5.95. The molecule has 0 saturated carbocycles. The van der Waals surface area contributed by atoms with E-state index in [0.717, 1.165) is 5.56 Å². The fraction of sp³-hybridized carbons (Fsp3) is 0.320. The number of carbonyl (C=O) groups excluding carboxylic acids is 2. The summed E-state index contributed by atoms with van der Waals surface area (Å²) in [5.74, 6) is -2.28. The number of rotatable bonds is 6. The van der Waals surface area contributed by atoms with Gasteiger partial charge < -0.3 is 14.9 Å². The van der Waals surface area contributed by atoms with Crippen molar-refractivity contribution in [3.63, 3.8) is 0 Å². The van der Waals surface area contributed by atoms with Crippen molar-refractivity contribution in [3.05, 3.63) is 76.5 Å². The normalized spacial score (nSPS) is 18.1.